The molecule has 1 aliphatic rings. The van der Waals surface area contributed by atoms with Gasteiger partial charge < -0.3 is 10.2 Å². The molecule has 0 aliphatic heterocycles. The van der Waals surface area contributed by atoms with Crippen LogP contribution < -0.4 is 10.2 Å². The second kappa shape index (κ2) is 7.19. The third kappa shape index (κ3) is 4.03. The normalized spacial score (nSPS) is 14.0. The molecule has 1 fully saturated rings. The lowest BCUT2D eigenvalue weighted by Gasteiger charge is -2.23. The van der Waals surface area contributed by atoms with E-state index in [9.17, 15) is 10.1 Å². The van der Waals surface area contributed by atoms with Crippen LogP contribution in [0, 0.1) is 10.1 Å². The van der Waals surface area contributed by atoms with E-state index in [4.69, 9.17) is 0 Å². The first-order chi connectivity index (χ1) is 10.2. The first-order valence-corrected chi connectivity index (χ1v) is 7.69. The molecule has 7 nitrogen and oxygen atoms in total. The van der Waals surface area contributed by atoms with Crippen LogP contribution in [0.15, 0.2) is 6.20 Å². The van der Waals surface area contributed by atoms with Crippen molar-refractivity contribution in [1.82, 2.24) is 9.97 Å². The van der Waals surface area contributed by atoms with Crippen molar-refractivity contribution in [1.29, 1.82) is 0 Å². The standard InChI is InChI=1S/C14H23N5O2/c1-3-5-9-18(11-6-7-11)13-12(19(20)21)10-16-14(17-13)15-8-4-2/h10-11H,3-9H2,1-2H3,(H,15,16,17). The molecule has 0 amide bonds. The van der Waals surface area contributed by atoms with E-state index in [1.54, 1.807) is 0 Å². The molecular weight excluding hydrogens is 270 g/mol. The maximum Gasteiger partial charge on any atom is 0.329 e. The Balaban J connectivity index is 2.28. The molecule has 7 heteroatoms. The summed E-state index contributed by atoms with van der Waals surface area (Å²) in [5.41, 5.74) is 0.0000477. The van der Waals surface area contributed by atoms with Crippen LogP contribution in [0.4, 0.5) is 17.5 Å². The summed E-state index contributed by atoms with van der Waals surface area (Å²) in [6.07, 6.45) is 6.52. The van der Waals surface area contributed by atoms with Gasteiger partial charge >= 0.3 is 5.69 Å². The van der Waals surface area contributed by atoms with Crippen LogP contribution in [-0.4, -0.2) is 34.0 Å². The minimum absolute atomic E-state index is 0.0000477. The number of anilines is 2. The first kappa shape index (κ1) is 15.5. The van der Waals surface area contributed by atoms with Gasteiger partial charge in [0.1, 0.15) is 6.20 Å². The van der Waals surface area contributed by atoms with Crippen molar-refractivity contribution < 1.29 is 4.92 Å². The lowest BCUT2D eigenvalue weighted by Crippen LogP contribution is -2.29. The Morgan fingerprint density at radius 1 is 1.43 bits per heavy atom. The zero-order valence-electron chi connectivity index (χ0n) is 12.7. The summed E-state index contributed by atoms with van der Waals surface area (Å²) in [7, 11) is 0. The van der Waals surface area contributed by atoms with Crippen LogP contribution in [0.3, 0.4) is 0 Å². The zero-order valence-corrected chi connectivity index (χ0v) is 12.7. The number of hydrogen-bond donors (Lipinski definition) is 1. The molecule has 1 N–H and O–H groups in total. The maximum atomic E-state index is 11.2. The van der Waals surface area contributed by atoms with Crippen molar-refractivity contribution in [3.05, 3.63) is 16.3 Å². The molecule has 1 aromatic rings. The Kier molecular flexibility index (Phi) is 5.30. The van der Waals surface area contributed by atoms with Crippen molar-refractivity contribution in [3.8, 4) is 0 Å². The fraction of sp³-hybridized carbons (Fsp3) is 0.714. The van der Waals surface area contributed by atoms with Crippen molar-refractivity contribution >= 4 is 17.5 Å². The summed E-state index contributed by atoms with van der Waals surface area (Å²) >= 11 is 0. The number of nitrogens with one attached hydrogen (secondary N) is 1. The van der Waals surface area contributed by atoms with Gasteiger partial charge in [-0.15, -0.1) is 0 Å². The van der Waals surface area contributed by atoms with Crippen LogP contribution in [0.2, 0.25) is 0 Å². The van der Waals surface area contributed by atoms with E-state index in [0.717, 1.165) is 45.2 Å². The molecule has 0 saturated heterocycles. The minimum atomic E-state index is -0.389. The number of unbranched alkanes of at least 4 members (excludes halogenated alkanes) is 1. The largest absolute Gasteiger partial charge is 0.354 e. The molecule has 0 unspecified atom stereocenters. The van der Waals surface area contributed by atoms with Crippen molar-refractivity contribution in [2.45, 2.75) is 52.0 Å². The first-order valence-electron chi connectivity index (χ1n) is 7.69. The highest BCUT2D eigenvalue weighted by atomic mass is 16.6. The van der Waals surface area contributed by atoms with Gasteiger partial charge in [0, 0.05) is 19.1 Å². The Morgan fingerprint density at radius 2 is 2.19 bits per heavy atom. The average Bonchev–Trinajstić information content (AvgIpc) is 3.30. The number of rotatable bonds is 9. The molecule has 0 bridgehead atoms. The van der Waals surface area contributed by atoms with Crippen LogP contribution in [-0.2, 0) is 0 Å². The minimum Gasteiger partial charge on any atom is -0.354 e. The highest BCUT2D eigenvalue weighted by Gasteiger charge is 2.34. The topological polar surface area (TPSA) is 84.2 Å². The zero-order chi connectivity index (χ0) is 15.2. The lowest BCUT2D eigenvalue weighted by atomic mass is 10.3. The van der Waals surface area contributed by atoms with E-state index in [1.807, 2.05) is 0 Å². The number of nitro groups is 1. The fourth-order valence-electron chi connectivity index (χ4n) is 2.20. The van der Waals surface area contributed by atoms with E-state index < -0.39 is 0 Å². The molecule has 0 atom stereocenters. The lowest BCUT2D eigenvalue weighted by molar-refractivity contribution is -0.384. The predicted molar refractivity (Wildman–Crippen MR) is 82.7 cm³/mol. The van der Waals surface area contributed by atoms with Gasteiger partial charge in [0.25, 0.3) is 0 Å². The Morgan fingerprint density at radius 3 is 2.76 bits per heavy atom. The average molecular weight is 293 g/mol. The van der Waals surface area contributed by atoms with E-state index in [2.05, 4.69) is 34.0 Å². The fourth-order valence-corrected chi connectivity index (χ4v) is 2.20. The van der Waals surface area contributed by atoms with Crippen LogP contribution in [0.5, 0.6) is 0 Å². The molecule has 1 saturated carbocycles. The summed E-state index contributed by atoms with van der Waals surface area (Å²) in [6.45, 7) is 5.74. The third-order valence-electron chi connectivity index (χ3n) is 3.49. The quantitative estimate of drug-likeness (QED) is 0.556. The van der Waals surface area contributed by atoms with Crippen LogP contribution >= 0.6 is 0 Å². The molecular formula is C14H23N5O2. The smallest absolute Gasteiger partial charge is 0.329 e. The van der Waals surface area contributed by atoms with Gasteiger partial charge in [-0.2, -0.15) is 4.98 Å². The number of nitrogens with zero attached hydrogens (tertiary/aromatic N) is 4. The molecule has 0 aromatic carbocycles. The Bertz CT molecular complexity index is 490. The highest BCUT2D eigenvalue weighted by Crippen LogP contribution is 2.35. The molecule has 1 aromatic heterocycles. The predicted octanol–water partition coefficient (Wildman–Crippen LogP) is 2.98. The summed E-state index contributed by atoms with van der Waals surface area (Å²) in [6, 6.07) is 0.393. The molecule has 1 aliphatic carbocycles. The van der Waals surface area contributed by atoms with Crippen molar-refractivity contribution in [2.75, 3.05) is 23.3 Å². The van der Waals surface area contributed by atoms with Crippen molar-refractivity contribution in [2.24, 2.45) is 0 Å². The molecule has 2 rings (SSSR count). The van der Waals surface area contributed by atoms with Crippen LogP contribution in [0.1, 0.15) is 46.0 Å². The second-order valence-electron chi connectivity index (χ2n) is 5.36. The summed E-state index contributed by atoms with van der Waals surface area (Å²) in [5, 5.41) is 14.3. The maximum absolute atomic E-state index is 11.2. The Labute approximate surface area is 124 Å². The van der Waals surface area contributed by atoms with E-state index in [1.165, 1.54) is 6.20 Å². The highest BCUT2D eigenvalue weighted by molar-refractivity contribution is 5.60. The molecule has 1 heterocycles. The van der Waals surface area contributed by atoms with Gasteiger partial charge in [-0.05, 0) is 25.7 Å². The number of aromatic nitrogens is 2. The van der Waals surface area contributed by atoms with Gasteiger partial charge in [0.05, 0.1) is 4.92 Å². The Hall–Kier alpha value is -1.92. The molecule has 0 spiro atoms. The summed E-state index contributed by atoms with van der Waals surface area (Å²) < 4.78 is 0. The van der Waals surface area contributed by atoms with Gasteiger partial charge in [0.15, 0.2) is 0 Å². The van der Waals surface area contributed by atoms with Gasteiger partial charge in [-0.1, -0.05) is 20.3 Å². The van der Waals surface area contributed by atoms with E-state index >= 15 is 0 Å². The summed E-state index contributed by atoms with van der Waals surface area (Å²) in [5.74, 6) is 0.934. The summed E-state index contributed by atoms with van der Waals surface area (Å²) in [4.78, 5) is 21.4. The van der Waals surface area contributed by atoms with Gasteiger partial charge in [-0.3, -0.25) is 10.1 Å². The molecule has 21 heavy (non-hydrogen) atoms. The van der Waals surface area contributed by atoms with Crippen LogP contribution in [0.25, 0.3) is 0 Å². The molecule has 116 valence electrons. The number of hydrogen-bond acceptors (Lipinski definition) is 6. The monoisotopic (exact) mass is 293 g/mol. The second-order valence-corrected chi connectivity index (χ2v) is 5.36. The van der Waals surface area contributed by atoms with E-state index in [-0.39, 0.29) is 10.6 Å². The molecule has 0 radical (unpaired) electrons. The SMILES string of the molecule is CCCCN(c1nc(NCCC)ncc1[N+](=O)[O-])C1CC1. The van der Waals surface area contributed by atoms with Crippen molar-refractivity contribution in [3.63, 3.8) is 0 Å². The van der Waals surface area contributed by atoms with E-state index in [0.29, 0.717) is 17.8 Å². The van der Waals surface area contributed by atoms with Gasteiger partial charge in [-0.25, -0.2) is 4.98 Å². The third-order valence-corrected chi connectivity index (χ3v) is 3.49. The van der Waals surface area contributed by atoms with Gasteiger partial charge in [0.2, 0.25) is 11.8 Å².